The van der Waals surface area contributed by atoms with Gasteiger partial charge in [0, 0.05) is 24.3 Å². The fourth-order valence-electron chi connectivity index (χ4n) is 2.83. The van der Waals surface area contributed by atoms with E-state index >= 15 is 0 Å². The highest BCUT2D eigenvalue weighted by atomic mass is 16.5. The van der Waals surface area contributed by atoms with Gasteiger partial charge in [0.2, 0.25) is 24.5 Å². The quantitative estimate of drug-likeness (QED) is 0.493. The van der Waals surface area contributed by atoms with Crippen molar-refractivity contribution in [2.24, 2.45) is 0 Å². The van der Waals surface area contributed by atoms with Crippen LogP contribution in [0.5, 0.6) is 11.5 Å². The summed E-state index contributed by atoms with van der Waals surface area (Å²) >= 11 is 0. The van der Waals surface area contributed by atoms with Crippen molar-refractivity contribution in [3.05, 3.63) is 84.4 Å². The lowest BCUT2D eigenvalue weighted by atomic mass is 10.3. The molecule has 0 bridgehead atoms. The van der Waals surface area contributed by atoms with E-state index in [4.69, 9.17) is 19.7 Å². The van der Waals surface area contributed by atoms with Crippen LogP contribution in [-0.2, 0) is 35.9 Å². The average molecular weight is 410 g/mol. The summed E-state index contributed by atoms with van der Waals surface area (Å²) in [5.41, 5.74) is 1.49. The lowest BCUT2D eigenvalue weighted by Gasteiger charge is -2.08. The molecule has 154 valence electrons. The predicted octanol–water partition coefficient (Wildman–Crippen LogP) is 1.59. The predicted molar refractivity (Wildman–Crippen MR) is 104 cm³/mol. The van der Waals surface area contributed by atoms with Crippen LogP contribution in [0.15, 0.2) is 73.1 Å². The molecule has 0 aliphatic heterocycles. The Bertz CT molecular complexity index is 938. The van der Waals surface area contributed by atoms with Crippen molar-refractivity contribution in [3.8, 4) is 11.5 Å². The molecule has 8 nitrogen and oxygen atoms in total. The second-order valence-electron chi connectivity index (χ2n) is 6.48. The lowest BCUT2D eigenvalue weighted by Crippen LogP contribution is -2.42. The number of pyridine rings is 2. The van der Waals surface area contributed by atoms with Crippen LogP contribution in [-0.4, -0.2) is 22.2 Å². The fraction of sp³-hybridized carbons (Fsp3) is 0.182. The largest absolute Gasteiger partial charge is 0.483 e. The second-order valence-corrected chi connectivity index (χ2v) is 6.48. The molecular formula is C22H22N2O6+2. The molecule has 3 rings (SSSR count). The standard InChI is InChI=1S/C22H20N2O6/c25-21(26)13-23-11-3-1-5-17(23)15-29-19-7-9-20(10-8-19)30-16-18-6-2-4-12-24(18)14-22(27)28/h1-12H,13-16H2/p+2. The van der Waals surface area contributed by atoms with E-state index in [9.17, 15) is 9.59 Å². The fourth-order valence-corrected chi connectivity index (χ4v) is 2.83. The van der Waals surface area contributed by atoms with Crippen LogP contribution in [0.4, 0.5) is 0 Å². The average Bonchev–Trinajstić information content (AvgIpc) is 2.72. The van der Waals surface area contributed by atoms with E-state index < -0.39 is 11.9 Å². The van der Waals surface area contributed by atoms with Crippen molar-refractivity contribution < 1.29 is 38.4 Å². The highest BCUT2D eigenvalue weighted by molar-refractivity contribution is 5.65. The van der Waals surface area contributed by atoms with E-state index in [0.717, 1.165) is 11.4 Å². The first-order valence-electron chi connectivity index (χ1n) is 9.25. The maximum Gasteiger partial charge on any atom is 0.370 e. The van der Waals surface area contributed by atoms with Crippen molar-refractivity contribution >= 4 is 11.9 Å². The Labute approximate surface area is 173 Å². The van der Waals surface area contributed by atoms with Gasteiger partial charge in [-0.05, 0) is 36.4 Å². The van der Waals surface area contributed by atoms with E-state index in [-0.39, 0.29) is 26.3 Å². The minimum absolute atomic E-state index is 0.131. The summed E-state index contributed by atoms with van der Waals surface area (Å²) in [5.74, 6) is -0.600. The Morgan fingerprint density at radius 1 is 0.667 bits per heavy atom. The zero-order chi connectivity index (χ0) is 21.3. The number of rotatable bonds is 10. The van der Waals surface area contributed by atoms with Crippen LogP contribution >= 0.6 is 0 Å². The third-order valence-electron chi connectivity index (χ3n) is 4.28. The number of carboxylic acids is 2. The number of nitrogens with zero attached hydrogens (tertiary/aromatic N) is 2. The van der Waals surface area contributed by atoms with E-state index in [1.54, 1.807) is 57.9 Å². The van der Waals surface area contributed by atoms with E-state index in [2.05, 4.69) is 0 Å². The zero-order valence-electron chi connectivity index (χ0n) is 16.2. The van der Waals surface area contributed by atoms with Crippen molar-refractivity contribution in [2.45, 2.75) is 26.3 Å². The molecule has 0 atom stereocenters. The summed E-state index contributed by atoms with van der Waals surface area (Å²) < 4.78 is 14.7. The number of aromatic nitrogens is 2. The number of carbonyl (C=O) groups is 2. The minimum Gasteiger partial charge on any atom is -0.483 e. The van der Waals surface area contributed by atoms with Gasteiger partial charge in [-0.15, -0.1) is 0 Å². The van der Waals surface area contributed by atoms with Gasteiger partial charge in [0.15, 0.2) is 25.6 Å². The van der Waals surface area contributed by atoms with E-state index in [0.29, 0.717) is 11.5 Å². The summed E-state index contributed by atoms with van der Waals surface area (Å²) in [4.78, 5) is 21.9. The molecular weight excluding hydrogens is 388 g/mol. The molecule has 0 aliphatic rings. The van der Waals surface area contributed by atoms with Crippen molar-refractivity contribution in [1.82, 2.24) is 0 Å². The monoisotopic (exact) mass is 410 g/mol. The molecule has 0 unspecified atom stereocenters. The Kier molecular flexibility index (Phi) is 6.94. The summed E-state index contributed by atoms with van der Waals surface area (Å²) in [5, 5.41) is 18.0. The molecule has 1 aromatic carbocycles. The maximum absolute atomic E-state index is 11.0. The molecule has 8 heteroatoms. The van der Waals surface area contributed by atoms with Gasteiger partial charge in [0.1, 0.15) is 11.5 Å². The van der Waals surface area contributed by atoms with Crippen LogP contribution in [0.25, 0.3) is 0 Å². The Morgan fingerprint density at radius 2 is 1.07 bits per heavy atom. The summed E-state index contributed by atoms with van der Waals surface area (Å²) in [6.45, 7) is 0.197. The molecule has 2 N–H and O–H groups in total. The van der Waals surface area contributed by atoms with Crippen LogP contribution in [0.3, 0.4) is 0 Å². The summed E-state index contributed by atoms with van der Waals surface area (Å²) in [6.07, 6.45) is 3.40. The Hall–Kier alpha value is -3.94. The molecule has 0 saturated heterocycles. The topological polar surface area (TPSA) is 101 Å². The molecule has 0 amide bonds. The van der Waals surface area contributed by atoms with Crippen LogP contribution in [0.2, 0.25) is 0 Å². The molecule has 2 aromatic heterocycles. The first-order chi connectivity index (χ1) is 14.5. The van der Waals surface area contributed by atoms with Gasteiger partial charge in [-0.1, -0.05) is 0 Å². The lowest BCUT2D eigenvalue weighted by molar-refractivity contribution is -0.694. The Balaban J connectivity index is 1.58. The van der Waals surface area contributed by atoms with Gasteiger partial charge < -0.3 is 19.7 Å². The van der Waals surface area contributed by atoms with Gasteiger partial charge in [-0.3, -0.25) is 0 Å². The minimum atomic E-state index is -0.919. The third kappa shape index (κ3) is 6.03. The van der Waals surface area contributed by atoms with Crippen molar-refractivity contribution in [1.29, 1.82) is 0 Å². The first kappa shape index (κ1) is 20.8. The van der Waals surface area contributed by atoms with Gasteiger partial charge in [-0.25, -0.2) is 9.59 Å². The molecule has 0 saturated carbocycles. The summed E-state index contributed by atoms with van der Waals surface area (Å²) in [7, 11) is 0. The van der Waals surface area contributed by atoms with Crippen LogP contribution in [0.1, 0.15) is 11.4 Å². The third-order valence-corrected chi connectivity index (χ3v) is 4.28. The molecule has 0 fully saturated rings. The molecule has 0 radical (unpaired) electrons. The second kappa shape index (κ2) is 10.0. The smallest absolute Gasteiger partial charge is 0.370 e. The number of benzene rings is 1. The first-order valence-corrected chi connectivity index (χ1v) is 9.25. The number of hydrogen-bond donors (Lipinski definition) is 2. The van der Waals surface area contributed by atoms with Gasteiger partial charge in [0.05, 0.1) is 0 Å². The molecule has 2 heterocycles. The summed E-state index contributed by atoms with van der Waals surface area (Å²) in [6, 6.07) is 17.9. The van der Waals surface area contributed by atoms with E-state index in [1.165, 1.54) is 0 Å². The molecule has 30 heavy (non-hydrogen) atoms. The number of hydrogen-bond acceptors (Lipinski definition) is 4. The van der Waals surface area contributed by atoms with Gasteiger partial charge in [0.25, 0.3) is 0 Å². The molecule has 0 aliphatic carbocycles. The SMILES string of the molecule is O=C(O)C[n+]1ccccc1COc1ccc(OCc2cccc[n+]2CC(=O)O)cc1. The van der Waals surface area contributed by atoms with Gasteiger partial charge in [-0.2, -0.15) is 9.13 Å². The highest BCUT2D eigenvalue weighted by Crippen LogP contribution is 2.19. The van der Waals surface area contributed by atoms with Crippen LogP contribution < -0.4 is 18.6 Å². The molecule has 0 spiro atoms. The number of ether oxygens (including phenoxy) is 2. The number of carboxylic acid groups (broad SMARTS) is 2. The maximum atomic E-state index is 11.0. The number of aliphatic carboxylic acids is 2. The van der Waals surface area contributed by atoms with Crippen LogP contribution in [0, 0.1) is 0 Å². The Morgan fingerprint density at radius 3 is 1.43 bits per heavy atom. The molecule has 3 aromatic rings. The normalized spacial score (nSPS) is 10.4. The zero-order valence-corrected chi connectivity index (χ0v) is 16.2. The highest BCUT2D eigenvalue weighted by Gasteiger charge is 2.15. The van der Waals surface area contributed by atoms with Crippen molar-refractivity contribution in [2.75, 3.05) is 0 Å². The van der Waals surface area contributed by atoms with E-state index in [1.807, 2.05) is 24.3 Å². The van der Waals surface area contributed by atoms with Crippen molar-refractivity contribution in [3.63, 3.8) is 0 Å². The van der Waals surface area contributed by atoms with Gasteiger partial charge >= 0.3 is 11.9 Å².